The number of esters is 2. The molecule has 89 heavy (non-hydrogen) atoms. The van der Waals surface area contributed by atoms with Crippen molar-refractivity contribution in [3.63, 3.8) is 0 Å². The Kier molecular flexibility index (Phi) is 22.2. The Bertz CT molecular complexity index is 3200. The molecular weight excluding hydrogens is 1210 g/mol. The summed E-state index contributed by atoms with van der Waals surface area (Å²) in [6.07, 6.45) is 18.1. The number of hydrogen-bond donors (Lipinski definition) is 0. The number of carbonyl (C=O) groups is 4. The molecule has 4 aromatic rings. The Morgan fingerprint density at radius 2 is 1.01 bits per heavy atom. The average molecular weight is 1300 g/mol. The fraction of sp³-hybridized carbons (Fsp3) is 0.672. The molecule has 0 spiro atoms. The van der Waals surface area contributed by atoms with Gasteiger partial charge in [-0.15, -0.1) is 0 Å². The van der Waals surface area contributed by atoms with Gasteiger partial charge in [-0.25, -0.2) is 32.5 Å². The van der Waals surface area contributed by atoms with Crippen molar-refractivity contribution in [2.45, 2.75) is 186 Å². The molecule has 8 aliphatic rings. The van der Waals surface area contributed by atoms with Gasteiger partial charge in [0.15, 0.2) is 0 Å². The van der Waals surface area contributed by atoms with Gasteiger partial charge < -0.3 is 57.3 Å². The first-order chi connectivity index (χ1) is 41.9. The van der Waals surface area contributed by atoms with Gasteiger partial charge in [-0.2, -0.15) is 0 Å². The van der Waals surface area contributed by atoms with Crippen LogP contribution in [0.15, 0.2) is 36.4 Å². The molecule has 4 saturated heterocycles. The zero-order chi connectivity index (χ0) is 61.2. The smallest absolute Gasteiger partial charge is 0.307 e. The standard InChI is InChI=1S/C34H44N3O7.C33H42N3O7.2V/c1-21-28(18-38)37-17-29(21)43-31-26(35-25-13-12-23(41-4)15-27(25)36-31)11-7-5-6-9-22-10-8-14-34(22,3)44-30(39)16-24(32(37)40)33(2)19-42-20-33;1-20-27(17-37)36-16-29(20)43-31-25(34-24-13-12-22(40-3)14-26(24)35-31)10-6-4-5-8-21-9-7-11-28(21)42-30(38)15-23(32(36)39)33(2)18-41-19-33;;/h12-13,15,21-22,24,28-29H,5-11,14,16-17,19-20H2,1-4H3;12-14,20-21,23,27-29H,4-11,15-16,18-19H2,1-3H3;;/q2*-1;;/t21-,22+,24+,28+,29-,34+;20-,21+,23+,27+,28+,29-;;/m00../s1. The van der Waals surface area contributed by atoms with E-state index in [1.165, 1.54) is 0 Å². The summed E-state index contributed by atoms with van der Waals surface area (Å²) in [6.45, 7) is 11.6. The van der Waals surface area contributed by atoms with E-state index >= 15 is 0 Å². The van der Waals surface area contributed by atoms with E-state index in [-0.39, 0.29) is 111 Å². The molecule has 480 valence electrons. The maximum atomic E-state index is 14.3. The van der Waals surface area contributed by atoms with Crippen LogP contribution in [0.1, 0.15) is 149 Å². The molecule has 2 saturated carbocycles. The molecule has 2 aromatic heterocycles. The first-order valence-electron chi connectivity index (χ1n) is 31.9. The van der Waals surface area contributed by atoms with E-state index in [1.54, 1.807) is 24.0 Å². The number of nitrogens with zero attached hydrogens (tertiary/aromatic N) is 6. The third kappa shape index (κ3) is 14.5. The summed E-state index contributed by atoms with van der Waals surface area (Å²) in [6, 6.07) is 9.57. The number of amides is 2. The van der Waals surface area contributed by atoms with Crippen LogP contribution in [0.4, 0.5) is 0 Å². The molecule has 12 rings (SSSR count). The quantitative estimate of drug-likeness (QED) is 0.129. The predicted octanol–water partition coefficient (Wildman–Crippen LogP) is 8.81. The maximum Gasteiger partial charge on any atom is 0.307 e. The molecule has 2 radical (unpaired) electrons. The van der Waals surface area contributed by atoms with Crippen LogP contribution in [0.2, 0.25) is 0 Å². The van der Waals surface area contributed by atoms with Crippen LogP contribution < -0.4 is 18.9 Å². The van der Waals surface area contributed by atoms with Crippen molar-refractivity contribution >= 4 is 58.4 Å². The van der Waals surface area contributed by atoms with E-state index in [4.69, 9.17) is 57.8 Å². The Labute approximate surface area is 546 Å². The first-order valence-corrected chi connectivity index (χ1v) is 31.9. The predicted molar refractivity (Wildman–Crippen MR) is 319 cm³/mol. The number of benzene rings is 2. The van der Waals surface area contributed by atoms with Crippen LogP contribution in [0.3, 0.4) is 0 Å². The number of methoxy groups -OCH3 is 2. The van der Waals surface area contributed by atoms with Gasteiger partial charge in [0.2, 0.25) is 23.6 Å². The minimum Gasteiger partial charge on any atom is -0.540 e. The second kappa shape index (κ2) is 29.1. The van der Waals surface area contributed by atoms with Gasteiger partial charge >= 0.3 is 11.9 Å². The van der Waals surface area contributed by atoms with Gasteiger partial charge in [-0.1, -0.05) is 65.5 Å². The Hall–Kier alpha value is -5.37. The van der Waals surface area contributed by atoms with Crippen molar-refractivity contribution < 1.29 is 104 Å². The topological polar surface area (TPSA) is 234 Å². The SMILES string of the molecule is COc1ccc2nc3c(nc2c1)O[C@H]1CN(C(=O)[C@H](C2(C)COC2)CC(=O)O[C@@H]2CCC[C@H]2CCCCC3)[C@H]([C-]=O)[C@@H]1C.COc1ccc2nc3c(nc2c1)O[C@H]1CN(C(=O)[C@H](C2(C)COC2)CC(=O)O[C@]2(C)CCC[C@H]2CCCCC3)[C@H]([C-]=O)[C@@H]1C.[V].[V]. The molecule has 12 atom stereocenters. The van der Waals surface area contributed by atoms with Crippen LogP contribution in [0.25, 0.3) is 22.1 Å². The summed E-state index contributed by atoms with van der Waals surface area (Å²) < 4.78 is 47.2. The van der Waals surface area contributed by atoms with Gasteiger partial charge in [0, 0.05) is 60.1 Å². The molecular formula is C67H86N6O14V2-2. The number of ether oxygens (including phenoxy) is 8. The van der Waals surface area contributed by atoms with Crippen molar-refractivity contribution in [3.8, 4) is 23.3 Å². The Balaban J connectivity index is 0.000000207. The van der Waals surface area contributed by atoms with E-state index in [2.05, 4.69) is 19.5 Å². The molecule has 8 heterocycles. The zero-order valence-corrected chi connectivity index (χ0v) is 55.4. The van der Waals surface area contributed by atoms with E-state index in [9.17, 15) is 28.8 Å². The van der Waals surface area contributed by atoms with E-state index in [0.29, 0.717) is 79.5 Å². The summed E-state index contributed by atoms with van der Waals surface area (Å²) in [5.74, 6) is -0.441. The van der Waals surface area contributed by atoms with Crippen LogP contribution in [0, 0.1) is 46.3 Å². The number of hydrogen-bond acceptors (Lipinski definition) is 18. The molecule has 20 nitrogen and oxygen atoms in total. The fourth-order valence-corrected chi connectivity index (χ4v) is 15.0. The number of rotatable bonds is 6. The van der Waals surface area contributed by atoms with Crippen LogP contribution in [-0.4, -0.2) is 156 Å². The van der Waals surface area contributed by atoms with Crippen LogP contribution >= 0.6 is 0 Å². The monoisotopic (exact) mass is 1300 g/mol. The molecule has 2 aromatic carbocycles. The fourth-order valence-electron chi connectivity index (χ4n) is 15.0. The minimum atomic E-state index is -0.814. The number of aryl methyl sites for hydroxylation is 2. The van der Waals surface area contributed by atoms with Gasteiger partial charge in [0.1, 0.15) is 46.8 Å². The average Bonchev–Trinajstić information content (AvgIpc) is 2.12. The van der Waals surface area contributed by atoms with Gasteiger partial charge in [-0.05, 0) is 132 Å². The minimum absolute atomic E-state index is 0. The van der Waals surface area contributed by atoms with Gasteiger partial charge in [0.05, 0.1) is 100 Å². The molecule has 6 fully saturated rings. The van der Waals surface area contributed by atoms with Gasteiger partial charge in [-0.3, -0.25) is 19.2 Å². The normalized spacial score (nSPS) is 31.5. The van der Waals surface area contributed by atoms with Crippen LogP contribution in [-0.2, 0) is 97.7 Å². The maximum absolute atomic E-state index is 14.3. The molecule has 0 N–H and O–H groups in total. The van der Waals surface area contributed by atoms with Crippen LogP contribution in [0.5, 0.6) is 23.3 Å². The molecule has 6 aliphatic heterocycles. The van der Waals surface area contributed by atoms with Gasteiger partial charge in [0.25, 0.3) is 0 Å². The van der Waals surface area contributed by atoms with Crippen molar-refractivity contribution in [3.05, 3.63) is 47.8 Å². The number of carbonyl (C=O) groups excluding carboxylic acids is 6. The number of fused-ring (bicyclic) bond motifs is 10. The van der Waals surface area contributed by atoms with E-state index < -0.39 is 52.6 Å². The van der Waals surface area contributed by atoms with E-state index in [1.807, 2.05) is 64.1 Å². The molecule has 0 unspecified atom stereocenters. The number of aromatic nitrogens is 4. The summed E-state index contributed by atoms with van der Waals surface area (Å²) >= 11 is 0. The van der Waals surface area contributed by atoms with E-state index in [0.717, 1.165) is 112 Å². The summed E-state index contributed by atoms with van der Waals surface area (Å²) in [7, 11) is 3.22. The Morgan fingerprint density at radius 1 is 0.539 bits per heavy atom. The first kappa shape index (κ1) is 68.0. The summed E-state index contributed by atoms with van der Waals surface area (Å²) in [5, 5.41) is 0. The summed E-state index contributed by atoms with van der Waals surface area (Å²) in [4.78, 5) is 103. The zero-order valence-electron chi connectivity index (χ0n) is 52.6. The summed E-state index contributed by atoms with van der Waals surface area (Å²) in [5.41, 5.74) is 2.78. The second-order valence-corrected chi connectivity index (χ2v) is 26.9. The van der Waals surface area contributed by atoms with Crippen molar-refractivity contribution in [2.75, 3.05) is 53.7 Å². The third-order valence-electron chi connectivity index (χ3n) is 20.8. The van der Waals surface area contributed by atoms with Crippen molar-refractivity contribution in [2.24, 2.45) is 46.3 Å². The molecule has 2 aliphatic carbocycles. The second-order valence-electron chi connectivity index (χ2n) is 26.9. The molecule has 2 amide bonds. The Morgan fingerprint density at radius 3 is 1.48 bits per heavy atom. The molecule has 22 heteroatoms. The molecule has 4 bridgehead atoms. The largest absolute Gasteiger partial charge is 0.540 e. The van der Waals surface area contributed by atoms with Crippen molar-refractivity contribution in [1.29, 1.82) is 0 Å². The third-order valence-corrected chi connectivity index (χ3v) is 20.8. The van der Waals surface area contributed by atoms with Crippen molar-refractivity contribution in [1.82, 2.24) is 29.7 Å².